The number of hydrogen-bond donors (Lipinski definition) is 4. The van der Waals surface area contributed by atoms with Crippen molar-refractivity contribution in [2.24, 2.45) is 11.1 Å². The van der Waals surface area contributed by atoms with Crippen LogP contribution >= 0.6 is 0 Å². The maximum Gasteiger partial charge on any atom is 0.314 e. The zero-order valence-corrected chi connectivity index (χ0v) is 12.0. The van der Waals surface area contributed by atoms with Gasteiger partial charge in [-0.15, -0.1) is 0 Å². The molecule has 1 aliphatic rings. The molecular formula is C13H23N3O5. The van der Waals surface area contributed by atoms with E-state index in [1.807, 2.05) is 0 Å². The van der Waals surface area contributed by atoms with E-state index < -0.39 is 23.3 Å². The highest BCUT2D eigenvalue weighted by molar-refractivity contribution is 5.78. The standard InChI is InChI=1S/C13H23N3O5/c14-10(17)8-21-7-6-15-12(20)16-9-13(11(18)19)4-2-1-3-5-13/h1-9H2,(H2,14,17)(H,18,19)(H2,15,16,20). The van der Waals surface area contributed by atoms with Crippen LogP contribution in [0.25, 0.3) is 0 Å². The molecule has 1 fully saturated rings. The first-order valence-corrected chi connectivity index (χ1v) is 7.07. The van der Waals surface area contributed by atoms with Crippen LogP contribution in [-0.2, 0) is 14.3 Å². The Bertz CT molecular complexity index is 380. The summed E-state index contributed by atoms with van der Waals surface area (Å²) in [5, 5.41) is 14.5. The molecule has 3 amide bonds. The number of ether oxygens (including phenoxy) is 1. The van der Waals surface area contributed by atoms with Gasteiger partial charge in [-0.3, -0.25) is 9.59 Å². The predicted octanol–water partition coefficient (Wildman–Crippen LogP) is -0.177. The van der Waals surface area contributed by atoms with Gasteiger partial charge in [-0.05, 0) is 12.8 Å². The zero-order valence-electron chi connectivity index (χ0n) is 12.0. The van der Waals surface area contributed by atoms with Crippen molar-refractivity contribution in [3.8, 4) is 0 Å². The molecule has 0 bridgehead atoms. The molecule has 0 unspecified atom stereocenters. The monoisotopic (exact) mass is 301 g/mol. The van der Waals surface area contributed by atoms with Crippen LogP contribution in [0, 0.1) is 5.41 Å². The van der Waals surface area contributed by atoms with Crippen molar-refractivity contribution in [1.82, 2.24) is 10.6 Å². The minimum Gasteiger partial charge on any atom is -0.481 e. The summed E-state index contributed by atoms with van der Waals surface area (Å²) in [5.74, 6) is -1.42. The lowest BCUT2D eigenvalue weighted by Gasteiger charge is -2.33. The van der Waals surface area contributed by atoms with Crippen molar-refractivity contribution >= 4 is 17.9 Å². The molecule has 0 spiro atoms. The Balaban J connectivity index is 2.24. The van der Waals surface area contributed by atoms with Crippen LogP contribution in [0.15, 0.2) is 0 Å². The fourth-order valence-electron chi connectivity index (χ4n) is 2.42. The second kappa shape index (κ2) is 8.46. The lowest BCUT2D eigenvalue weighted by molar-refractivity contribution is -0.150. The number of carbonyl (C=O) groups is 3. The van der Waals surface area contributed by atoms with Crippen molar-refractivity contribution in [3.05, 3.63) is 0 Å². The van der Waals surface area contributed by atoms with Crippen LogP contribution < -0.4 is 16.4 Å². The second-order valence-electron chi connectivity index (χ2n) is 5.27. The van der Waals surface area contributed by atoms with E-state index in [2.05, 4.69) is 10.6 Å². The summed E-state index contributed by atoms with van der Waals surface area (Å²) in [4.78, 5) is 33.4. The molecule has 1 saturated carbocycles. The van der Waals surface area contributed by atoms with Gasteiger partial charge < -0.3 is 26.2 Å². The number of carbonyl (C=O) groups excluding carboxylic acids is 2. The van der Waals surface area contributed by atoms with Crippen LogP contribution in [-0.4, -0.2) is 49.3 Å². The third-order valence-corrected chi connectivity index (χ3v) is 3.63. The summed E-state index contributed by atoms with van der Waals surface area (Å²) in [6.07, 6.45) is 3.96. The Morgan fingerprint density at radius 1 is 1.14 bits per heavy atom. The van der Waals surface area contributed by atoms with Gasteiger partial charge in [-0.1, -0.05) is 19.3 Å². The second-order valence-corrected chi connectivity index (χ2v) is 5.27. The van der Waals surface area contributed by atoms with Crippen LogP contribution in [0.2, 0.25) is 0 Å². The van der Waals surface area contributed by atoms with E-state index in [9.17, 15) is 19.5 Å². The number of hydrogen-bond acceptors (Lipinski definition) is 4. The largest absolute Gasteiger partial charge is 0.481 e. The molecule has 1 aliphatic carbocycles. The number of amides is 3. The van der Waals surface area contributed by atoms with Crippen LogP contribution in [0.1, 0.15) is 32.1 Å². The van der Waals surface area contributed by atoms with E-state index in [0.717, 1.165) is 19.3 Å². The van der Waals surface area contributed by atoms with E-state index in [-0.39, 0.29) is 26.3 Å². The van der Waals surface area contributed by atoms with Crippen molar-refractivity contribution in [2.75, 3.05) is 26.3 Å². The van der Waals surface area contributed by atoms with Gasteiger partial charge in [0, 0.05) is 13.1 Å². The van der Waals surface area contributed by atoms with E-state index in [4.69, 9.17) is 10.5 Å². The third kappa shape index (κ3) is 5.99. The van der Waals surface area contributed by atoms with Crippen molar-refractivity contribution in [1.29, 1.82) is 0 Å². The van der Waals surface area contributed by atoms with Crippen molar-refractivity contribution in [3.63, 3.8) is 0 Å². The number of carboxylic acid groups (broad SMARTS) is 1. The normalized spacial score (nSPS) is 17.0. The van der Waals surface area contributed by atoms with Gasteiger partial charge in [0.15, 0.2) is 0 Å². The summed E-state index contributed by atoms with van der Waals surface area (Å²) in [6.45, 7) is 0.321. The highest BCUT2D eigenvalue weighted by Gasteiger charge is 2.39. The molecule has 0 saturated heterocycles. The van der Waals surface area contributed by atoms with Crippen molar-refractivity contribution < 1.29 is 24.2 Å². The Morgan fingerprint density at radius 3 is 2.38 bits per heavy atom. The number of aliphatic carboxylic acids is 1. The first-order chi connectivity index (χ1) is 9.96. The molecule has 0 aromatic rings. The highest BCUT2D eigenvalue weighted by Crippen LogP contribution is 2.35. The fourth-order valence-corrected chi connectivity index (χ4v) is 2.42. The van der Waals surface area contributed by atoms with Crippen LogP contribution in [0.4, 0.5) is 4.79 Å². The van der Waals surface area contributed by atoms with Crippen LogP contribution in [0.5, 0.6) is 0 Å². The number of primary amides is 1. The number of nitrogens with two attached hydrogens (primary N) is 1. The Labute approximate surface area is 123 Å². The number of urea groups is 1. The fraction of sp³-hybridized carbons (Fsp3) is 0.769. The number of nitrogens with one attached hydrogen (secondary N) is 2. The van der Waals surface area contributed by atoms with Gasteiger partial charge in [0.2, 0.25) is 5.91 Å². The van der Waals surface area contributed by atoms with Crippen LogP contribution in [0.3, 0.4) is 0 Å². The average molecular weight is 301 g/mol. The molecule has 0 radical (unpaired) electrons. The van der Waals surface area contributed by atoms with Gasteiger partial charge in [-0.25, -0.2) is 4.79 Å². The molecule has 0 aromatic carbocycles. The molecule has 1 rings (SSSR count). The summed E-state index contributed by atoms with van der Waals surface area (Å²) >= 11 is 0. The summed E-state index contributed by atoms with van der Waals surface area (Å²) in [7, 11) is 0. The first-order valence-electron chi connectivity index (χ1n) is 7.07. The lowest BCUT2D eigenvalue weighted by Crippen LogP contribution is -2.47. The summed E-state index contributed by atoms with van der Waals surface area (Å²) in [6, 6.07) is -0.441. The van der Waals surface area contributed by atoms with Gasteiger partial charge in [0.1, 0.15) is 6.61 Å². The minimum atomic E-state index is -0.854. The molecule has 0 atom stereocenters. The van der Waals surface area contributed by atoms with Gasteiger partial charge in [0.25, 0.3) is 0 Å². The third-order valence-electron chi connectivity index (χ3n) is 3.63. The molecule has 0 heterocycles. The van der Waals surface area contributed by atoms with E-state index in [1.165, 1.54) is 0 Å². The van der Waals surface area contributed by atoms with E-state index in [1.54, 1.807) is 0 Å². The zero-order chi connectivity index (χ0) is 15.7. The molecule has 0 aromatic heterocycles. The Kier molecular flexibility index (Phi) is 6.93. The van der Waals surface area contributed by atoms with Gasteiger partial charge >= 0.3 is 12.0 Å². The predicted molar refractivity (Wildman–Crippen MR) is 74.6 cm³/mol. The summed E-state index contributed by atoms with van der Waals surface area (Å²) < 4.78 is 4.89. The smallest absolute Gasteiger partial charge is 0.314 e. The number of rotatable bonds is 8. The molecule has 5 N–H and O–H groups in total. The molecular weight excluding hydrogens is 278 g/mol. The van der Waals surface area contributed by atoms with E-state index >= 15 is 0 Å². The maximum atomic E-state index is 11.6. The lowest BCUT2D eigenvalue weighted by atomic mass is 9.74. The maximum absolute atomic E-state index is 11.6. The van der Waals surface area contributed by atoms with Crippen molar-refractivity contribution in [2.45, 2.75) is 32.1 Å². The first kappa shape index (κ1) is 17.2. The Hall–Kier alpha value is -1.83. The van der Waals surface area contributed by atoms with E-state index in [0.29, 0.717) is 12.8 Å². The molecule has 120 valence electrons. The average Bonchev–Trinajstić information content (AvgIpc) is 2.45. The molecule has 8 heteroatoms. The quantitative estimate of drug-likeness (QED) is 0.462. The molecule has 21 heavy (non-hydrogen) atoms. The van der Waals surface area contributed by atoms with Gasteiger partial charge in [-0.2, -0.15) is 0 Å². The summed E-state index contributed by atoms with van der Waals surface area (Å²) in [5.41, 5.74) is 4.04. The SMILES string of the molecule is NC(=O)COCCNC(=O)NCC1(C(=O)O)CCCCC1. The highest BCUT2D eigenvalue weighted by atomic mass is 16.5. The van der Waals surface area contributed by atoms with Gasteiger partial charge in [0.05, 0.1) is 12.0 Å². The molecule has 8 nitrogen and oxygen atoms in total. The molecule has 0 aliphatic heterocycles. The Morgan fingerprint density at radius 2 is 1.81 bits per heavy atom. The topological polar surface area (TPSA) is 131 Å². The number of carboxylic acids is 1. The minimum absolute atomic E-state index is 0.121.